The monoisotopic (exact) mass is 289 g/mol. The molecule has 0 aliphatic heterocycles. The summed E-state index contributed by atoms with van der Waals surface area (Å²) in [5.41, 5.74) is 4.28. The molecule has 0 atom stereocenters. The topological polar surface area (TPSA) is 26.0 Å². The van der Waals surface area contributed by atoms with E-state index in [-0.39, 0.29) is 5.82 Å². The van der Waals surface area contributed by atoms with Gasteiger partial charge in [0, 0.05) is 11.6 Å². The fraction of sp³-hybridized carbons (Fsp3) is 0. The summed E-state index contributed by atoms with van der Waals surface area (Å²) in [6.45, 7) is 0. The largest absolute Gasteiger partial charge is 0.436 e. The van der Waals surface area contributed by atoms with E-state index in [1.807, 2.05) is 42.5 Å². The van der Waals surface area contributed by atoms with Crippen molar-refractivity contribution in [1.82, 2.24) is 4.98 Å². The molecule has 0 fully saturated rings. The molecule has 3 aromatic carbocycles. The molecule has 0 bridgehead atoms. The smallest absolute Gasteiger partial charge is 0.227 e. The first-order valence-corrected chi connectivity index (χ1v) is 7.01. The first-order chi connectivity index (χ1) is 10.8. The molecule has 1 aromatic heterocycles. The molecule has 0 aliphatic carbocycles. The van der Waals surface area contributed by atoms with Crippen LogP contribution in [0.15, 0.2) is 77.2 Å². The van der Waals surface area contributed by atoms with Crippen molar-refractivity contribution in [3.63, 3.8) is 0 Å². The van der Waals surface area contributed by atoms with Crippen LogP contribution in [0, 0.1) is 5.82 Å². The van der Waals surface area contributed by atoms with Crippen LogP contribution in [-0.4, -0.2) is 4.98 Å². The second-order valence-electron chi connectivity index (χ2n) is 5.07. The van der Waals surface area contributed by atoms with Crippen LogP contribution < -0.4 is 0 Å². The molecular weight excluding hydrogens is 277 g/mol. The highest BCUT2D eigenvalue weighted by molar-refractivity contribution is 5.76. The number of fused-ring (bicyclic) bond motifs is 1. The summed E-state index contributed by atoms with van der Waals surface area (Å²) in [6.07, 6.45) is 0. The summed E-state index contributed by atoms with van der Waals surface area (Å²) < 4.78 is 18.9. The predicted octanol–water partition coefficient (Wildman–Crippen LogP) is 5.30. The van der Waals surface area contributed by atoms with Crippen molar-refractivity contribution >= 4 is 11.1 Å². The van der Waals surface area contributed by atoms with E-state index >= 15 is 0 Å². The zero-order valence-electron chi connectivity index (χ0n) is 11.7. The number of hydrogen-bond donors (Lipinski definition) is 0. The van der Waals surface area contributed by atoms with Crippen LogP contribution in [0.3, 0.4) is 0 Å². The standard InChI is InChI=1S/C19H12FNO/c20-16-10-11-18-17(12-16)21-19(22-18)15-8-6-14(7-9-15)13-4-2-1-3-5-13/h1-12H. The van der Waals surface area contributed by atoms with E-state index in [1.165, 1.54) is 12.1 Å². The van der Waals surface area contributed by atoms with Gasteiger partial charge in [0.15, 0.2) is 5.58 Å². The molecule has 0 unspecified atom stereocenters. The minimum Gasteiger partial charge on any atom is -0.436 e. The second kappa shape index (κ2) is 5.11. The van der Waals surface area contributed by atoms with Gasteiger partial charge >= 0.3 is 0 Å². The summed E-state index contributed by atoms with van der Waals surface area (Å²) in [7, 11) is 0. The van der Waals surface area contributed by atoms with Gasteiger partial charge in [-0.15, -0.1) is 0 Å². The van der Waals surface area contributed by atoms with Crippen LogP contribution in [0.1, 0.15) is 0 Å². The minimum atomic E-state index is -0.313. The summed E-state index contributed by atoms with van der Waals surface area (Å²) in [4.78, 5) is 4.34. The van der Waals surface area contributed by atoms with Gasteiger partial charge in [0.05, 0.1) is 0 Å². The Morgan fingerprint density at radius 2 is 1.41 bits per heavy atom. The lowest BCUT2D eigenvalue weighted by molar-refractivity contribution is 0.614. The fourth-order valence-electron chi connectivity index (χ4n) is 2.46. The molecule has 0 amide bonds. The van der Waals surface area contributed by atoms with Gasteiger partial charge in [-0.05, 0) is 35.4 Å². The van der Waals surface area contributed by atoms with Gasteiger partial charge in [-0.2, -0.15) is 0 Å². The lowest BCUT2D eigenvalue weighted by Crippen LogP contribution is -1.80. The van der Waals surface area contributed by atoms with Crippen LogP contribution >= 0.6 is 0 Å². The van der Waals surface area contributed by atoms with Gasteiger partial charge in [-0.25, -0.2) is 9.37 Å². The molecular formula is C19H12FNO. The normalized spacial score (nSPS) is 11.0. The number of aromatic nitrogens is 1. The average molecular weight is 289 g/mol. The minimum absolute atomic E-state index is 0.313. The Morgan fingerprint density at radius 3 is 2.18 bits per heavy atom. The Kier molecular flexibility index (Phi) is 2.97. The number of hydrogen-bond acceptors (Lipinski definition) is 2. The lowest BCUT2D eigenvalue weighted by Gasteiger charge is -2.02. The molecule has 3 heteroatoms. The quantitative estimate of drug-likeness (QED) is 0.500. The molecule has 4 aromatic rings. The lowest BCUT2D eigenvalue weighted by atomic mass is 10.0. The molecule has 0 saturated carbocycles. The molecule has 0 aliphatic rings. The SMILES string of the molecule is Fc1ccc2oc(-c3ccc(-c4ccccc4)cc3)nc2c1. The second-order valence-corrected chi connectivity index (χ2v) is 5.07. The summed E-state index contributed by atoms with van der Waals surface area (Å²) in [5, 5.41) is 0. The maximum atomic E-state index is 13.2. The van der Waals surface area contributed by atoms with Gasteiger partial charge in [0.1, 0.15) is 11.3 Å². The Labute approximate surface area is 126 Å². The van der Waals surface area contributed by atoms with Crippen LogP contribution in [0.4, 0.5) is 4.39 Å². The van der Waals surface area contributed by atoms with Gasteiger partial charge in [0.2, 0.25) is 5.89 Å². The Bertz CT molecular complexity index is 927. The first-order valence-electron chi connectivity index (χ1n) is 7.01. The van der Waals surface area contributed by atoms with Crippen LogP contribution in [0.25, 0.3) is 33.7 Å². The molecule has 2 nitrogen and oxygen atoms in total. The van der Waals surface area contributed by atoms with E-state index in [2.05, 4.69) is 17.1 Å². The molecule has 1 heterocycles. The average Bonchev–Trinajstić information content (AvgIpc) is 2.99. The molecule has 0 spiro atoms. The molecule has 0 N–H and O–H groups in total. The molecule has 0 saturated heterocycles. The van der Waals surface area contributed by atoms with Crippen molar-refractivity contribution in [1.29, 1.82) is 0 Å². The maximum absolute atomic E-state index is 13.2. The third-order valence-corrected chi connectivity index (χ3v) is 3.59. The van der Waals surface area contributed by atoms with E-state index in [0.717, 1.165) is 16.7 Å². The predicted molar refractivity (Wildman–Crippen MR) is 84.8 cm³/mol. The third-order valence-electron chi connectivity index (χ3n) is 3.59. The van der Waals surface area contributed by atoms with Crippen molar-refractivity contribution in [2.24, 2.45) is 0 Å². The van der Waals surface area contributed by atoms with E-state index in [0.29, 0.717) is 17.0 Å². The molecule has 106 valence electrons. The van der Waals surface area contributed by atoms with Gasteiger partial charge in [0.25, 0.3) is 0 Å². The Balaban J connectivity index is 1.73. The molecule has 4 rings (SSSR count). The Hall–Kier alpha value is -2.94. The van der Waals surface area contributed by atoms with E-state index in [9.17, 15) is 4.39 Å². The fourth-order valence-corrected chi connectivity index (χ4v) is 2.46. The van der Waals surface area contributed by atoms with Crippen molar-refractivity contribution in [3.8, 4) is 22.6 Å². The number of halogens is 1. The van der Waals surface area contributed by atoms with Gasteiger partial charge in [-0.3, -0.25) is 0 Å². The van der Waals surface area contributed by atoms with Crippen LogP contribution in [0.2, 0.25) is 0 Å². The van der Waals surface area contributed by atoms with Crippen LogP contribution in [-0.2, 0) is 0 Å². The highest BCUT2D eigenvalue weighted by atomic mass is 19.1. The van der Waals surface area contributed by atoms with Crippen LogP contribution in [0.5, 0.6) is 0 Å². The van der Waals surface area contributed by atoms with Crippen molar-refractivity contribution in [2.75, 3.05) is 0 Å². The highest BCUT2D eigenvalue weighted by Gasteiger charge is 2.09. The van der Waals surface area contributed by atoms with E-state index in [4.69, 9.17) is 4.42 Å². The molecule has 22 heavy (non-hydrogen) atoms. The third kappa shape index (κ3) is 2.27. The highest BCUT2D eigenvalue weighted by Crippen LogP contribution is 2.27. The Morgan fingerprint density at radius 1 is 0.727 bits per heavy atom. The summed E-state index contributed by atoms with van der Waals surface area (Å²) in [5.74, 6) is 0.187. The summed E-state index contributed by atoms with van der Waals surface area (Å²) in [6, 6.07) is 22.5. The van der Waals surface area contributed by atoms with E-state index < -0.39 is 0 Å². The van der Waals surface area contributed by atoms with Gasteiger partial charge in [-0.1, -0.05) is 42.5 Å². The number of rotatable bonds is 2. The van der Waals surface area contributed by atoms with Gasteiger partial charge < -0.3 is 4.42 Å². The summed E-state index contributed by atoms with van der Waals surface area (Å²) >= 11 is 0. The van der Waals surface area contributed by atoms with Crippen molar-refractivity contribution in [3.05, 3.63) is 78.6 Å². The maximum Gasteiger partial charge on any atom is 0.227 e. The van der Waals surface area contributed by atoms with E-state index in [1.54, 1.807) is 6.07 Å². The molecule has 0 radical (unpaired) electrons. The first kappa shape index (κ1) is 12.8. The number of nitrogens with zero attached hydrogens (tertiary/aromatic N) is 1. The zero-order valence-corrected chi connectivity index (χ0v) is 11.7. The van der Waals surface area contributed by atoms with Crippen molar-refractivity contribution in [2.45, 2.75) is 0 Å². The zero-order chi connectivity index (χ0) is 14.9. The number of benzene rings is 3. The number of oxazole rings is 1. The van der Waals surface area contributed by atoms with Crippen molar-refractivity contribution < 1.29 is 8.81 Å².